The molecule has 4 rings (SSSR count). The molecule has 3 heterocycles. The maximum absolute atomic E-state index is 12.8. The number of aromatic amines is 1. The van der Waals surface area contributed by atoms with Crippen molar-refractivity contribution in [1.29, 1.82) is 0 Å². The van der Waals surface area contributed by atoms with Gasteiger partial charge in [-0.15, -0.1) is 0 Å². The molecule has 170 valence electrons. The van der Waals surface area contributed by atoms with E-state index in [0.717, 1.165) is 66.7 Å². The Morgan fingerprint density at radius 1 is 1.09 bits per heavy atom. The number of Topliss-reactive ketones (excluding diaryl/α,β-unsaturated/α-hetero) is 1. The van der Waals surface area contributed by atoms with Crippen LogP contribution in [0.5, 0.6) is 0 Å². The molecule has 0 saturated carbocycles. The van der Waals surface area contributed by atoms with E-state index in [-0.39, 0.29) is 24.5 Å². The van der Waals surface area contributed by atoms with Crippen molar-refractivity contribution in [1.82, 2.24) is 19.8 Å². The SMILES string of the molecule is CCCCCc1cc(N)c2c(n1)[nH]c1ccc(C(=O)CCC(=O)N3CCN(C)CC3)cc12. The van der Waals surface area contributed by atoms with Crippen molar-refractivity contribution in [3.63, 3.8) is 0 Å². The Balaban J connectivity index is 1.49. The van der Waals surface area contributed by atoms with Gasteiger partial charge in [0.25, 0.3) is 0 Å². The van der Waals surface area contributed by atoms with Crippen molar-refractivity contribution >= 4 is 39.3 Å². The fourth-order valence-electron chi connectivity index (χ4n) is 4.42. The van der Waals surface area contributed by atoms with Crippen LogP contribution in [0.25, 0.3) is 21.9 Å². The first kappa shape index (κ1) is 22.3. The lowest BCUT2D eigenvalue weighted by Crippen LogP contribution is -2.47. The zero-order valence-electron chi connectivity index (χ0n) is 19.1. The number of rotatable bonds is 8. The Hall–Kier alpha value is -2.93. The highest BCUT2D eigenvalue weighted by molar-refractivity contribution is 6.13. The zero-order chi connectivity index (χ0) is 22.7. The van der Waals surface area contributed by atoms with Gasteiger partial charge in [-0.2, -0.15) is 0 Å². The Kier molecular flexibility index (Phi) is 6.74. The van der Waals surface area contributed by atoms with E-state index in [1.54, 1.807) is 0 Å². The minimum Gasteiger partial charge on any atom is -0.398 e. The summed E-state index contributed by atoms with van der Waals surface area (Å²) >= 11 is 0. The summed E-state index contributed by atoms with van der Waals surface area (Å²) in [5.41, 5.74) is 10.4. The van der Waals surface area contributed by atoms with E-state index in [9.17, 15) is 9.59 Å². The van der Waals surface area contributed by atoms with Crippen LogP contribution in [0.3, 0.4) is 0 Å². The molecule has 1 aromatic carbocycles. The Morgan fingerprint density at radius 2 is 1.88 bits per heavy atom. The van der Waals surface area contributed by atoms with Crippen molar-refractivity contribution in [3.05, 3.63) is 35.5 Å². The summed E-state index contributed by atoms with van der Waals surface area (Å²) < 4.78 is 0. The molecule has 7 heteroatoms. The van der Waals surface area contributed by atoms with Gasteiger partial charge in [0.2, 0.25) is 5.91 Å². The van der Waals surface area contributed by atoms with Gasteiger partial charge in [-0.05, 0) is 44.2 Å². The highest BCUT2D eigenvalue weighted by Gasteiger charge is 2.20. The zero-order valence-corrected chi connectivity index (χ0v) is 19.1. The van der Waals surface area contributed by atoms with Crippen LogP contribution in [-0.2, 0) is 11.2 Å². The second-order valence-electron chi connectivity index (χ2n) is 8.88. The number of amides is 1. The van der Waals surface area contributed by atoms with E-state index < -0.39 is 0 Å². The average molecular weight is 436 g/mol. The number of nitrogens with zero attached hydrogens (tertiary/aromatic N) is 3. The lowest BCUT2D eigenvalue weighted by atomic mass is 10.0. The van der Waals surface area contributed by atoms with Crippen molar-refractivity contribution < 1.29 is 9.59 Å². The number of fused-ring (bicyclic) bond motifs is 3. The number of aryl methyl sites for hydroxylation is 1. The molecule has 1 aliphatic heterocycles. The second kappa shape index (κ2) is 9.69. The number of hydrogen-bond donors (Lipinski definition) is 2. The van der Waals surface area contributed by atoms with Gasteiger partial charge in [0.1, 0.15) is 5.65 Å². The molecule has 0 atom stereocenters. The highest BCUT2D eigenvalue weighted by atomic mass is 16.2. The summed E-state index contributed by atoms with van der Waals surface area (Å²) in [5.74, 6) is 0.0371. The molecule has 3 N–H and O–H groups in total. The van der Waals surface area contributed by atoms with Crippen molar-refractivity contribution in [2.75, 3.05) is 39.0 Å². The lowest BCUT2D eigenvalue weighted by molar-refractivity contribution is -0.132. The molecule has 1 amide bonds. The summed E-state index contributed by atoms with van der Waals surface area (Å²) in [4.78, 5) is 37.5. The lowest BCUT2D eigenvalue weighted by Gasteiger charge is -2.32. The highest BCUT2D eigenvalue weighted by Crippen LogP contribution is 2.31. The number of carbonyl (C=O) groups excluding carboxylic acids is 2. The van der Waals surface area contributed by atoms with Crippen LogP contribution in [0.2, 0.25) is 0 Å². The molecule has 0 aliphatic carbocycles. The van der Waals surface area contributed by atoms with Crippen LogP contribution in [0.1, 0.15) is 55.1 Å². The first-order valence-corrected chi connectivity index (χ1v) is 11.7. The van der Waals surface area contributed by atoms with Gasteiger partial charge >= 0.3 is 0 Å². The smallest absolute Gasteiger partial charge is 0.223 e. The number of benzene rings is 1. The number of nitrogen functional groups attached to an aromatic ring is 1. The van der Waals surface area contributed by atoms with Crippen LogP contribution in [0, 0.1) is 0 Å². The first-order valence-electron chi connectivity index (χ1n) is 11.7. The number of nitrogens with one attached hydrogen (secondary N) is 1. The number of aromatic nitrogens is 2. The minimum absolute atomic E-state index is 0.0218. The topological polar surface area (TPSA) is 95.3 Å². The van der Waals surface area contributed by atoms with Gasteiger partial charge in [0.15, 0.2) is 5.78 Å². The van der Waals surface area contributed by atoms with E-state index in [4.69, 9.17) is 10.7 Å². The molecule has 1 aliphatic rings. The third kappa shape index (κ3) is 4.78. The molecule has 2 aromatic heterocycles. The number of unbranched alkanes of at least 4 members (excludes halogenated alkanes) is 2. The number of hydrogen-bond acceptors (Lipinski definition) is 5. The average Bonchev–Trinajstić information content (AvgIpc) is 3.16. The Morgan fingerprint density at radius 3 is 2.62 bits per heavy atom. The maximum Gasteiger partial charge on any atom is 0.223 e. The number of H-pyrrole nitrogens is 1. The predicted molar refractivity (Wildman–Crippen MR) is 129 cm³/mol. The molecular formula is C25H33N5O2. The predicted octanol–water partition coefficient (Wildman–Crippen LogP) is 3.77. The van der Waals surface area contributed by atoms with E-state index >= 15 is 0 Å². The fraction of sp³-hybridized carbons (Fsp3) is 0.480. The van der Waals surface area contributed by atoms with Gasteiger partial charge in [0, 0.05) is 72.3 Å². The molecular weight excluding hydrogens is 402 g/mol. The number of nitrogens with two attached hydrogens (primary N) is 1. The largest absolute Gasteiger partial charge is 0.398 e. The second-order valence-corrected chi connectivity index (χ2v) is 8.88. The normalized spacial score (nSPS) is 15.0. The Bertz CT molecular complexity index is 1130. The monoisotopic (exact) mass is 435 g/mol. The summed E-state index contributed by atoms with van der Waals surface area (Å²) in [6.45, 7) is 5.42. The number of piperazine rings is 1. The number of anilines is 1. The number of pyridine rings is 1. The first-order chi connectivity index (χ1) is 15.5. The molecule has 1 saturated heterocycles. The maximum atomic E-state index is 12.8. The van der Waals surface area contributed by atoms with E-state index in [2.05, 4.69) is 23.9 Å². The van der Waals surface area contributed by atoms with Gasteiger partial charge in [-0.1, -0.05) is 19.8 Å². The summed E-state index contributed by atoms with van der Waals surface area (Å²) in [7, 11) is 2.06. The molecule has 1 fully saturated rings. The number of carbonyl (C=O) groups is 2. The number of ketones is 1. The molecule has 32 heavy (non-hydrogen) atoms. The molecule has 7 nitrogen and oxygen atoms in total. The number of likely N-dealkylation sites (N-methyl/N-ethyl adjacent to an activating group) is 1. The molecule has 3 aromatic rings. The fourth-order valence-corrected chi connectivity index (χ4v) is 4.42. The van der Waals surface area contributed by atoms with Crippen molar-refractivity contribution in [2.45, 2.75) is 45.4 Å². The summed E-state index contributed by atoms with van der Waals surface area (Å²) in [6.07, 6.45) is 4.82. The molecule has 0 unspecified atom stereocenters. The summed E-state index contributed by atoms with van der Waals surface area (Å²) in [5, 5.41) is 1.77. The Labute approximate surface area is 189 Å². The van der Waals surface area contributed by atoms with Crippen LogP contribution in [-0.4, -0.2) is 64.7 Å². The van der Waals surface area contributed by atoms with Gasteiger partial charge in [-0.3, -0.25) is 9.59 Å². The van der Waals surface area contributed by atoms with Gasteiger partial charge in [0.05, 0.1) is 0 Å². The minimum atomic E-state index is -0.0218. The van der Waals surface area contributed by atoms with Gasteiger partial charge < -0.3 is 20.5 Å². The summed E-state index contributed by atoms with van der Waals surface area (Å²) in [6, 6.07) is 7.56. The molecule has 0 radical (unpaired) electrons. The van der Waals surface area contributed by atoms with Crippen LogP contribution >= 0.6 is 0 Å². The van der Waals surface area contributed by atoms with E-state index in [1.807, 2.05) is 29.2 Å². The standard InChI is InChI=1S/C25H33N5O2/c1-3-4-5-6-18-16-20(26)24-19-15-17(7-8-21(19)28-25(24)27-18)22(31)9-10-23(32)30-13-11-29(2)12-14-30/h7-8,15-16H,3-6,9-14H2,1-2H3,(H3,26,27,28). The third-order valence-corrected chi connectivity index (χ3v) is 6.43. The van der Waals surface area contributed by atoms with E-state index in [1.165, 1.54) is 12.8 Å². The van der Waals surface area contributed by atoms with Crippen LogP contribution < -0.4 is 5.73 Å². The van der Waals surface area contributed by atoms with Gasteiger partial charge in [-0.25, -0.2) is 4.98 Å². The van der Waals surface area contributed by atoms with E-state index in [0.29, 0.717) is 11.3 Å². The van der Waals surface area contributed by atoms with Crippen molar-refractivity contribution in [2.24, 2.45) is 0 Å². The quantitative estimate of drug-likeness (QED) is 0.415. The van der Waals surface area contributed by atoms with Crippen LogP contribution in [0.4, 0.5) is 5.69 Å². The molecule has 0 bridgehead atoms. The third-order valence-electron chi connectivity index (χ3n) is 6.43. The van der Waals surface area contributed by atoms with Crippen molar-refractivity contribution in [3.8, 4) is 0 Å². The van der Waals surface area contributed by atoms with Crippen LogP contribution in [0.15, 0.2) is 24.3 Å². The molecule has 0 spiro atoms.